The molecule has 0 fully saturated rings. The molecule has 2 aromatic rings. The summed E-state index contributed by atoms with van der Waals surface area (Å²) in [4.78, 5) is 10.6. The minimum Gasteiger partial charge on any atom is -0.313 e. The van der Waals surface area contributed by atoms with E-state index < -0.39 is 0 Å². The van der Waals surface area contributed by atoms with E-state index in [0.29, 0.717) is 0 Å². The zero-order chi connectivity index (χ0) is 15.2. The van der Waals surface area contributed by atoms with E-state index >= 15 is 0 Å². The molecule has 3 nitrogen and oxygen atoms in total. The highest BCUT2D eigenvalue weighted by Gasteiger charge is 2.09. The van der Waals surface area contributed by atoms with Crippen molar-refractivity contribution in [1.82, 2.24) is 15.3 Å². The molecule has 1 N–H and O–H groups in total. The van der Waals surface area contributed by atoms with Crippen LogP contribution >= 0.6 is 11.8 Å². The molecule has 0 bridgehead atoms. The lowest BCUT2D eigenvalue weighted by Gasteiger charge is -2.12. The molecule has 0 aliphatic rings. The second-order valence-electron chi connectivity index (χ2n) is 5.10. The van der Waals surface area contributed by atoms with Gasteiger partial charge in [-0.25, -0.2) is 9.97 Å². The average molecular weight is 301 g/mol. The number of aromatic nitrogens is 2. The number of thioether (sulfide) groups is 1. The summed E-state index contributed by atoms with van der Waals surface area (Å²) in [6.07, 6.45) is 3.22. The Hall–Kier alpha value is -1.39. The summed E-state index contributed by atoms with van der Waals surface area (Å²) in [5.41, 5.74) is 4.42. The first-order valence-corrected chi connectivity index (χ1v) is 8.57. The van der Waals surface area contributed by atoms with E-state index in [1.807, 2.05) is 0 Å². The van der Waals surface area contributed by atoms with Gasteiger partial charge in [-0.15, -0.1) is 11.8 Å². The molecule has 0 aliphatic carbocycles. The molecule has 0 amide bonds. The van der Waals surface area contributed by atoms with Gasteiger partial charge in [0.05, 0.1) is 0 Å². The molecule has 112 valence electrons. The molecule has 1 aromatic carbocycles. The van der Waals surface area contributed by atoms with Crippen LogP contribution in [0.25, 0.3) is 11.4 Å². The van der Waals surface area contributed by atoms with Gasteiger partial charge >= 0.3 is 0 Å². The molecular formula is C17H23N3S. The zero-order valence-corrected chi connectivity index (χ0v) is 14.0. The molecule has 1 aromatic heterocycles. The largest absolute Gasteiger partial charge is 0.313 e. The van der Waals surface area contributed by atoms with Crippen LogP contribution in [0.1, 0.15) is 30.3 Å². The van der Waals surface area contributed by atoms with Crippen molar-refractivity contribution < 1.29 is 0 Å². The van der Waals surface area contributed by atoms with Gasteiger partial charge in [-0.3, -0.25) is 0 Å². The van der Waals surface area contributed by atoms with E-state index in [4.69, 9.17) is 0 Å². The summed E-state index contributed by atoms with van der Waals surface area (Å²) in [6, 6.07) is 8.42. The SMILES string of the molecule is CCCNCc1c(C)nc(-c2ccc(SC)cc2)nc1C. The van der Waals surface area contributed by atoms with E-state index in [1.165, 1.54) is 10.5 Å². The number of benzene rings is 1. The molecule has 0 spiro atoms. The van der Waals surface area contributed by atoms with Crippen LogP contribution in [-0.4, -0.2) is 22.8 Å². The van der Waals surface area contributed by atoms with Crippen molar-refractivity contribution in [2.75, 3.05) is 12.8 Å². The summed E-state index contributed by atoms with van der Waals surface area (Å²) in [6.45, 7) is 8.17. The van der Waals surface area contributed by atoms with Crippen LogP contribution in [-0.2, 0) is 6.54 Å². The van der Waals surface area contributed by atoms with Crippen molar-refractivity contribution in [2.24, 2.45) is 0 Å². The lowest BCUT2D eigenvalue weighted by Crippen LogP contribution is -2.17. The van der Waals surface area contributed by atoms with Crippen LogP contribution in [0.2, 0.25) is 0 Å². The van der Waals surface area contributed by atoms with E-state index in [0.717, 1.165) is 42.3 Å². The van der Waals surface area contributed by atoms with Gasteiger partial charge in [0.25, 0.3) is 0 Å². The molecule has 21 heavy (non-hydrogen) atoms. The van der Waals surface area contributed by atoms with E-state index in [2.05, 4.69) is 66.6 Å². The molecule has 0 aliphatic heterocycles. The lowest BCUT2D eigenvalue weighted by atomic mass is 10.1. The Balaban J connectivity index is 2.25. The molecule has 0 atom stereocenters. The Bertz CT molecular complexity index is 570. The number of hydrogen-bond acceptors (Lipinski definition) is 4. The van der Waals surface area contributed by atoms with Crippen molar-refractivity contribution >= 4 is 11.8 Å². The Labute approximate surface area is 131 Å². The van der Waals surface area contributed by atoms with Crippen LogP contribution in [0.3, 0.4) is 0 Å². The fraction of sp³-hybridized carbons (Fsp3) is 0.412. The van der Waals surface area contributed by atoms with Crippen LogP contribution in [0.15, 0.2) is 29.2 Å². The minimum atomic E-state index is 0.817. The van der Waals surface area contributed by atoms with Crippen molar-refractivity contribution in [3.63, 3.8) is 0 Å². The van der Waals surface area contributed by atoms with Gasteiger partial charge in [0.2, 0.25) is 0 Å². The maximum Gasteiger partial charge on any atom is 0.159 e. The van der Waals surface area contributed by atoms with Gasteiger partial charge in [0.15, 0.2) is 5.82 Å². The maximum absolute atomic E-state index is 4.68. The topological polar surface area (TPSA) is 37.8 Å². The van der Waals surface area contributed by atoms with Crippen LogP contribution in [0.4, 0.5) is 0 Å². The zero-order valence-electron chi connectivity index (χ0n) is 13.2. The van der Waals surface area contributed by atoms with Gasteiger partial charge in [-0.1, -0.05) is 19.1 Å². The standard InChI is InChI=1S/C17H23N3S/c1-5-10-18-11-16-12(2)19-17(20-13(16)3)14-6-8-15(21-4)9-7-14/h6-9,18H,5,10-11H2,1-4H3. The highest BCUT2D eigenvalue weighted by Crippen LogP contribution is 2.22. The molecule has 2 rings (SSSR count). The first kappa shape index (κ1) is 16.0. The Morgan fingerprint density at radius 1 is 1.05 bits per heavy atom. The van der Waals surface area contributed by atoms with Gasteiger partial charge < -0.3 is 5.32 Å². The number of nitrogens with one attached hydrogen (secondary N) is 1. The fourth-order valence-corrected chi connectivity index (χ4v) is 2.66. The summed E-state index contributed by atoms with van der Waals surface area (Å²) < 4.78 is 0. The predicted molar refractivity (Wildman–Crippen MR) is 90.7 cm³/mol. The first-order valence-electron chi connectivity index (χ1n) is 7.35. The quantitative estimate of drug-likeness (QED) is 0.647. The lowest BCUT2D eigenvalue weighted by molar-refractivity contribution is 0.665. The number of rotatable bonds is 6. The molecule has 0 unspecified atom stereocenters. The van der Waals surface area contributed by atoms with Crippen molar-refractivity contribution in [2.45, 2.75) is 38.6 Å². The Morgan fingerprint density at radius 3 is 2.19 bits per heavy atom. The average Bonchev–Trinajstić information content (AvgIpc) is 2.50. The van der Waals surface area contributed by atoms with Gasteiger partial charge in [-0.2, -0.15) is 0 Å². The first-order chi connectivity index (χ1) is 10.2. The molecular weight excluding hydrogens is 278 g/mol. The van der Waals surface area contributed by atoms with E-state index in [9.17, 15) is 0 Å². The molecule has 0 saturated heterocycles. The second-order valence-corrected chi connectivity index (χ2v) is 5.98. The highest BCUT2D eigenvalue weighted by atomic mass is 32.2. The normalized spacial score (nSPS) is 10.9. The number of aryl methyl sites for hydroxylation is 2. The number of nitrogens with zero attached hydrogens (tertiary/aromatic N) is 2. The summed E-state index contributed by atoms with van der Waals surface area (Å²) in [7, 11) is 0. The van der Waals surface area contributed by atoms with Gasteiger partial charge in [-0.05, 0) is 45.2 Å². The second kappa shape index (κ2) is 7.57. The smallest absolute Gasteiger partial charge is 0.159 e. The Morgan fingerprint density at radius 2 is 1.67 bits per heavy atom. The van der Waals surface area contributed by atoms with E-state index in [1.54, 1.807) is 11.8 Å². The minimum absolute atomic E-state index is 0.817. The van der Waals surface area contributed by atoms with Crippen LogP contribution in [0.5, 0.6) is 0 Å². The third kappa shape index (κ3) is 4.05. The molecule has 4 heteroatoms. The van der Waals surface area contributed by atoms with Crippen molar-refractivity contribution in [3.05, 3.63) is 41.2 Å². The fourth-order valence-electron chi connectivity index (χ4n) is 2.25. The highest BCUT2D eigenvalue weighted by molar-refractivity contribution is 7.98. The van der Waals surface area contributed by atoms with Gasteiger partial charge in [0.1, 0.15) is 0 Å². The maximum atomic E-state index is 4.68. The molecule has 0 radical (unpaired) electrons. The summed E-state index contributed by atoms with van der Waals surface area (Å²) in [5.74, 6) is 0.817. The third-order valence-electron chi connectivity index (χ3n) is 3.50. The molecule has 0 saturated carbocycles. The summed E-state index contributed by atoms with van der Waals surface area (Å²) in [5, 5.41) is 3.42. The Kier molecular flexibility index (Phi) is 5.76. The van der Waals surface area contributed by atoms with Crippen molar-refractivity contribution in [1.29, 1.82) is 0 Å². The van der Waals surface area contributed by atoms with Crippen LogP contribution in [0, 0.1) is 13.8 Å². The monoisotopic (exact) mass is 301 g/mol. The van der Waals surface area contributed by atoms with Crippen molar-refractivity contribution in [3.8, 4) is 11.4 Å². The number of hydrogen-bond donors (Lipinski definition) is 1. The van der Waals surface area contributed by atoms with Crippen LogP contribution < -0.4 is 5.32 Å². The predicted octanol–water partition coefficient (Wildman–Crippen LogP) is 3.98. The molecule has 1 heterocycles. The van der Waals surface area contributed by atoms with E-state index in [-0.39, 0.29) is 0 Å². The summed E-state index contributed by atoms with van der Waals surface area (Å²) >= 11 is 1.74. The van der Waals surface area contributed by atoms with Gasteiger partial charge in [0, 0.05) is 34.0 Å². The third-order valence-corrected chi connectivity index (χ3v) is 4.24.